The second kappa shape index (κ2) is 6.09. The monoisotopic (exact) mass is 290 g/mol. The number of hydrogen-bond acceptors (Lipinski definition) is 3. The summed E-state index contributed by atoms with van der Waals surface area (Å²) < 4.78 is 2.20. The molecule has 0 spiro atoms. The van der Waals surface area contributed by atoms with Crippen molar-refractivity contribution < 1.29 is 0 Å². The minimum atomic E-state index is 0.256. The van der Waals surface area contributed by atoms with Gasteiger partial charge in [-0.15, -0.1) is 0 Å². The van der Waals surface area contributed by atoms with Crippen molar-refractivity contribution in [3.8, 4) is 0 Å². The van der Waals surface area contributed by atoms with E-state index in [1.54, 1.807) is 0 Å². The van der Waals surface area contributed by atoms with Crippen LogP contribution in [0, 0.1) is 5.41 Å². The largest absolute Gasteiger partial charge is 0.336 e. The molecule has 2 aliphatic rings. The quantitative estimate of drug-likeness (QED) is 0.925. The maximum Gasteiger partial charge on any atom is 0.0946 e. The molecule has 1 aromatic rings. The number of aromatic nitrogens is 2. The minimum Gasteiger partial charge on any atom is -0.336 e. The normalized spacial score (nSPS) is 28.5. The van der Waals surface area contributed by atoms with E-state index in [4.69, 9.17) is 0 Å². The van der Waals surface area contributed by atoms with Gasteiger partial charge in [0.1, 0.15) is 0 Å². The van der Waals surface area contributed by atoms with E-state index in [9.17, 15) is 0 Å². The van der Waals surface area contributed by atoms with Gasteiger partial charge in [0.15, 0.2) is 0 Å². The van der Waals surface area contributed by atoms with E-state index < -0.39 is 0 Å². The number of nitrogens with zero attached hydrogens (tertiary/aromatic N) is 3. The second-order valence-electron chi connectivity index (χ2n) is 7.84. The first-order valence-corrected chi connectivity index (χ1v) is 8.50. The zero-order chi connectivity index (χ0) is 14.9. The average Bonchev–Trinajstić information content (AvgIpc) is 3.07. The first-order chi connectivity index (χ1) is 10.0. The topological polar surface area (TPSA) is 33.1 Å². The summed E-state index contributed by atoms with van der Waals surface area (Å²) in [7, 11) is 0. The Morgan fingerprint density at radius 2 is 2.10 bits per heavy atom. The van der Waals surface area contributed by atoms with Gasteiger partial charge in [0.2, 0.25) is 0 Å². The molecule has 0 aromatic carbocycles. The van der Waals surface area contributed by atoms with Gasteiger partial charge in [0.25, 0.3) is 0 Å². The van der Waals surface area contributed by atoms with Crippen LogP contribution in [0.4, 0.5) is 0 Å². The molecule has 2 saturated heterocycles. The highest BCUT2D eigenvalue weighted by Gasteiger charge is 2.38. The van der Waals surface area contributed by atoms with E-state index in [1.807, 2.05) is 12.5 Å². The van der Waals surface area contributed by atoms with Gasteiger partial charge in [0, 0.05) is 43.6 Å². The summed E-state index contributed by atoms with van der Waals surface area (Å²) in [6.45, 7) is 10.6. The first kappa shape index (κ1) is 15.0. The highest BCUT2D eigenvalue weighted by Crippen LogP contribution is 2.29. The molecule has 4 nitrogen and oxygen atoms in total. The highest BCUT2D eigenvalue weighted by molar-refractivity contribution is 4.97. The van der Waals surface area contributed by atoms with Crippen molar-refractivity contribution in [1.29, 1.82) is 0 Å². The fourth-order valence-electron chi connectivity index (χ4n) is 3.88. The van der Waals surface area contributed by atoms with Crippen LogP contribution in [0.3, 0.4) is 0 Å². The molecule has 3 rings (SSSR count). The Labute approximate surface area is 128 Å². The van der Waals surface area contributed by atoms with Gasteiger partial charge < -0.3 is 9.88 Å². The summed E-state index contributed by atoms with van der Waals surface area (Å²) in [5.74, 6) is 0. The van der Waals surface area contributed by atoms with E-state index in [1.165, 1.54) is 38.8 Å². The Morgan fingerprint density at radius 1 is 1.24 bits per heavy atom. The SMILES string of the molecule is CC(C)(C)C(Cn1ccnc1)NC1CCN2CCCCC12. The van der Waals surface area contributed by atoms with Crippen LogP contribution in [-0.2, 0) is 6.54 Å². The summed E-state index contributed by atoms with van der Waals surface area (Å²) >= 11 is 0. The molecule has 0 amide bonds. The Bertz CT molecular complexity index is 434. The number of imidazole rings is 1. The van der Waals surface area contributed by atoms with Crippen molar-refractivity contribution in [2.75, 3.05) is 13.1 Å². The molecular weight excluding hydrogens is 260 g/mol. The molecule has 2 aliphatic heterocycles. The number of rotatable bonds is 4. The van der Waals surface area contributed by atoms with Crippen LogP contribution in [0.15, 0.2) is 18.7 Å². The third-order valence-corrected chi connectivity index (χ3v) is 5.27. The Hall–Kier alpha value is -0.870. The smallest absolute Gasteiger partial charge is 0.0946 e. The maximum atomic E-state index is 4.18. The van der Waals surface area contributed by atoms with E-state index in [0.717, 1.165) is 12.6 Å². The Kier molecular flexibility index (Phi) is 4.36. The van der Waals surface area contributed by atoms with Gasteiger partial charge >= 0.3 is 0 Å². The van der Waals surface area contributed by atoms with Crippen molar-refractivity contribution in [3.63, 3.8) is 0 Å². The predicted molar refractivity (Wildman–Crippen MR) is 86.2 cm³/mol. The predicted octanol–water partition coefficient (Wildman–Crippen LogP) is 2.51. The van der Waals surface area contributed by atoms with E-state index in [0.29, 0.717) is 12.1 Å². The van der Waals surface area contributed by atoms with Crippen LogP contribution in [0.2, 0.25) is 0 Å². The summed E-state index contributed by atoms with van der Waals surface area (Å²) in [5, 5.41) is 4.00. The van der Waals surface area contributed by atoms with Crippen LogP contribution in [0.5, 0.6) is 0 Å². The van der Waals surface area contributed by atoms with Gasteiger partial charge in [-0.25, -0.2) is 4.98 Å². The molecule has 0 radical (unpaired) electrons. The molecule has 3 heterocycles. The number of piperidine rings is 1. The third kappa shape index (κ3) is 3.49. The molecule has 3 atom stereocenters. The van der Waals surface area contributed by atoms with Gasteiger partial charge in [-0.2, -0.15) is 0 Å². The molecule has 1 N–H and O–H groups in total. The molecule has 3 unspecified atom stereocenters. The average molecular weight is 290 g/mol. The van der Waals surface area contributed by atoms with E-state index >= 15 is 0 Å². The maximum absolute atomic E-state index is 4.18. The number of nitrogens with one attached hydrogen (secondary N) is 1. The summed E-state index contributed by atoms with van der Waals surface area (Å²) in [6, 6.07) is 1.92. The zero-order valence-corrected chi connectivity index (χ0v) is 13.8. The Balaban J connectivity index is 1.66. The van der Waals surface area contributed by atoms with Gasteiger partial charge in [-0.1, -0.05) is 27.2 Å². The standard InChI is InChI=1S/C17H30N4/c1-17(2,3)16(12-20-11-8-18-13-20)19-14-7-10-21-9-5-4-6-15(14)21/h8,11,13-16,19H,4-7,9-10,12H2,1-3H3. The lowest BCUT2D eigenvalue weighted by Gasteiger charge is -2.38. The fraction of sp³-hybridized carbons (Fsp3) is 0.824. The lowest BCUT2D eigenvalue weighted by molar-refractivity contribution is 0.155. The van der Waals surface area contributed by atoms with Crippen LogP contribution < -0.4 is 5.32 Å². The van der Waals surface area contributed by atoms with E-state index in [-0.39, 0.29) is 5.41 Å². The van der Waals surface area contributed by atoms with Crippen molar-refractivity contribution in [3.05, 3.63) is 18.7 Å². The summed E-state index contributed by atoms with van der Waals surface area (Å²) in [6.07, 6.45) is 11.4. The number of hydrogen-bond donors (Lipinski definition) is 1. The summed E-state index contributed by atoms with van der Waals surface area (Å²) in [4.78, 5) is 6.89. The van der Waals surface area contributed by atoms with Crippen LogP contribution >= 0.6 is 0 Å². The second-order valence-corrected chi connectivity index (χ2v) is 7.84. The Morgan fingerprint density at radius 3 is 2.81 bits per heavy atom. The molecule has 2 fully saturated rings. The lowest BCUT2D eigenvalue weighted by Crippen LogP contribution is -2.53. The van der Waals surface area contributed by atoms with Gasteiger partial charge in [0.05, 0.1) is 6.33 Å². The third-order valence-electron chi connectivity index (χ3n) is 5.27. The van der Waals surface area contributed by atoms with Crippen molar-refractivity contribution >= 4 is 0 Å². The van der Waals surface area contributed by atoms with Crippen LogP contribution in [0.25, 0.3) is 0 Å². The van der Waals surface area contributed by atoms with Gasteiger partial charge in [-0.05, 0) is 31.2 Å². The molecule has 118 valence electrons. The lowest BCUT2D eigenvalue weighted by atomic mass is 9.85. The van der Waals surface area contributed by atoms with Crippen molar-refractivity contribution in [2.45, 2.75) is 71.1 Å². The molecule has 0 aliphatic carbocycles. The molecular formula is C17H30N4. The fourth-order valence-corrected chi connectivity index (χ4v) is 3.88. The van der Waals surface area contributed by atoms with Crippen LogP contribution in [0.1, 0.15) is 46.5 Å². The first-order valence-electron chi connectivity index (χ1n) is 8.50. The molecule has 0 bridgehead atoms. The summed E-state index contributed by atoms with van der Waals surface area (Å²) in [5.41, 5.74) is 0.256. The highest BCUT2D eigenvalue weighted by atomic mass is 15.2. The molecule has 0 saturated carbocycles. The minimum absolute atomic E-state index is 0.256. The van der Waals surface area contributed by atoms with Crippen LogP contribution in [-0.4, -0.2) is 45.7 Å². The van der Waals surface area contributed by atoms with Crippen molar-refractivity contribution in [1.82, 2.24) is 19.8 Å². The molecule has 1 aromatic heterocycles. The molecule has 21 heavy (non-hydrogen) atoms. The molecule has 4 heteroatoms. The zero-order valence-electron chi connectivity index (χ0n) is 13.8. The van der Waals surface area contributed by atoms with E-state index in [2.05, 4.69) is 46.7 Å². The van der Waals surface area contributed by atoms with Gasteiger partial charge in [-0.3, -0.25) is 4.90 Å². The number of fused-ring (bicyclic) bond motifs is 1. The van der Waals surface area contributed by atoms with Crippen molar-refractivity contribution in [2.24, 2.45) is 5.41 Å².